The SMILES string of the molecule is CCOc1ccccc1C(CC)Nc1nc(C(F)(F)F)ccc1C#N. The summed E-state index contributed by atoms with van der Waals surface area (Å²) in [6.07, 6.45) is -4.00. The first-order valence-electron chi connectivity index (χ1n) is 7.87. The van der Waals surface area contributed by atoms with E-state index in [0.29, 0.717) is 18.8 Å². The van der Waals surface area contributed by atoms with Crippen LogP contribution < -0.4 is 10.1 Å². The van der Waals surface area contributed by atoms with E-state index in [1.165, 1.54) is 0 Å². The number of para-hydroxylation sites is 1. The molecule has 0 aliphatic carbocycles. The Morgan fingerprint density at radius 3 is 2.52 bits per heavy atom. The Morgan fingerprint density at radius 1 is 1.20 bits per heavy atom. The van der Waals surface area contributed by atoms with Crippen molar-refractivity contribution < 1.29 is 17.9 Å². The minimum absolute atomic E-state index is 0.0559. The van der Waals surface area contributed by atoms with E-state index in [1.807, 2.05) is 38.1 Å². The molecule has 132 valence electrons. The predicted octanol–water partition coefficient (Wildman–Crippen LogP) is 4.93. The fourth-order valence-corrected chi connectivity index (χ4v) is 2.44. The Morgan fingerprint density at radius 2 is 1.92 bits per heavy atom. The van der Waals surface area contributed by atoms with Crippen LogP contribution in [0.2, 0.25) is 0 Å². The van der Waals surface area contributed by atoms with Crippen molar-refractivity contribution >= 4 is 5.82 Å². The number of nitrogens with zero attached hydrogens (tertiary/aromatic N) is 2. The van der Waals surface area contributed by atoms with Gasteiger partial charge < -0.3 is 10.1 Å². The van der Waals surface area contributed by atoms with Crippen molar-refractivity contribution in [1.29, 1.82) is 5.26 Å². The zero-order chi connectivity index (χ0) is 18.4. The smallest absolute Gasteiger partial charge is 0.433 e. The van der Waals surface area contributed by atoms with E-state index >= 15 is 0 Å². The zero-order valence-corrected chi connectivity index (χ0v) is 13.9. The van der Waals surface area contributed by atoms with Crippen LogP contribution in [0.4, 0.5) is 19.0 Å². The molecule has 1 heterocycles. The maximum atomic E-state index is 12.9. The van der Waals surface area contributed by atoms with Crippen molar-refractivity contribution in [1.82, 2.24) is 4.98 Å². The van der Waals surface area contributed by atoms with E-state index in [0.717, 1.165) is 17.7 Å². The summed E-state index contributed by atoms with van der Waals surface area (Å²) in [5.41, 5.74) is -0.183. The van der Waals surface area contributed by atoms with Crippen LogP contribution in [0, 0.1) is 11.3 Å². The van der Waals surface area contributed by atoms with Gasteiger partial charge >= 0.3 is 6.18 Å². The van der Waals surface area contributed by atoms with E-state index < -0.39 is 11.9 Å². The molecule has 0 saturated heterocycles. The highest BCUT2D eigenvalue weighted by molar-refractivity contribution is 5.54. The molecule has 7 heteroatoms. The van der Waals surface area contributed by atoms with Crippen molar-refractivity contribution in [2.75, 3.05) is 11.9 Å². The summed E-state index contributed by atoms with van der Waals surface area (Å²) in [6, 6.07) is 10.7. The van der Waals surface area contributed by atoms with E-state index in [1.54, 1.807) is 6.07 Å². The van der Waals surface area contributed by atoms with Gasteiger partial charge in [-0.3, -0.25) is 0 Å². The third kappa shape index (κ3) is 4.41. The molecule has 2 rings (SSSR count). The molecule has 4 nitrogen and oxygen atoms in total. The van der Waals surface area contributed by atoms with Gasteiger partial charge in [-0.2, -0.15) is 18.4 Å². The summed E-state index contributed by atoms with van der Waals surface area (Å²) in [7, 11) is 0. The Labute approximate surface area is 144 Å². The molecular formula is C18H18F3N3O. The molecule has 0 radical (unpaired) electrons. The number of halogens is 3. The topological polar surface area (TPSA) is 57.9 Å². The summed E-state index contributed by atoms with van der Waals surface area (Å²) >= 11 is 0. The molecule has 0 fully saturated rings. The summed E-state index contributed by atoms with van der Waals surface area (Å²) in [6.45, 7) is 4.21. The molecule has 0 bridgehead atoms. The van der Waals surface area contributed by atoms with Gasteiger partial charge in [0, 0.05) is 5.56 Å². The maximum absolute atomic E-state index is 12.9. The van der Waals surface area contributed by atoms with Crippen LogP contribution in [0.5, 0.6) is 5.75 Å². The van der Waals surface area contributed by atoms with Gasteiger partial charge in [0.2, 0.25) is 0 Å². The number of pyridine rings is 1. The number of aromatic nitrogens is 1. The average Bonchev–Trinajstić information content (AvgIpc) is 2.59. The van der Waals surface area contributed by atoms with Crippen LogP contribution in [-0.4, -0.2) is 11.6 Å². The molecule has 2 aromatic rings. The minimum atomic E-state index is -4.57. The third-order valence-corrected chi connectivity index (χ3v) is 3.62. The van der Waals surface area contributed by atoms with Crippen LogP contribution >= 0.6 is 0 Å². The Hall–Kier alpha value is -2.75. The number of alkyl halides is 3. The highest BCUT2D eigenvalue weighted by atomic mass is 19.4. The molecule has 0 amide bonds. The Bertz CT molecular complexity index is 769. The van der Waals surface area contributed by atoms with Gasteiger partial charge in [-0.1, -0.05) is 25.1 Å². The van der Waals surface area contributed by atoms with Crippen LogP contribution in [0.25, 0.3) is 0 Å². The van der Waals surface area contributed by atoms with Gasteiger partial charge in [0.1, 0.15) is 23.3 Å². The molecule has 0 saturated carbocycles. The molecule has 1 aromatic heterocycles. The van der Waals surface area contributed by atoms with Crippen LogP contribution in [0.15, 0.2) is 36.4 Å². The summed E-state index contributed by atoms with van der Waals surface area (Å²) in [5, 5.41) is 12.1. The molecular weight excluding hydrogens is 331 g/mol. The molecule has 0 aliphatic heterocycles. The van der Waals surface area contributed by atoms with E-state index in [2.05, 4.69) is 10.3 Å². The fraction of sp³-hybridized carbons (Fsp3) is 0.333. The normalized spacial score (nSPS) is 12.3. The monoisotopic (exact) mass is 349 g/mol. The third-order valence-electron chi connectivity index (χ3n) is 3.62. The highest BCUT2D eigenvalue weighted by Gasteiger charge is 2.33. The zero-order valence-electron chi connectivity index (χ0n) is 13.9. The van der Waals surface area contributed by atoms with Gasteiger partial charge in [-0.25, -0.2) is 4.98 Å². The quantitative estimate of drug-likeness (QED) is 0.803. The lowest BCUT2D eigenvalue weighted by Gasteiger charge is -2.22. The summed E-state index contributed by atoms with van der Waals surface area (Å²) in [4.78, 5) is 3.60. The Kier molecular flexibility index (Phi) is 5.86. The van der Waals surface area contributed by atoms with Crippen LogP contribution in [0.1, 0.15) is 43.1 Å². The number of hydrogen-bond acceptors (Lipinski definition) is 4. The lowest BCUT2D eigenvalue weighted by molar-refractivity contribution is -0.141. The summed E-state index contributed by atoms with van der Waals surface area (Å²) in [5.74, 6) is 0.560. The molecule has 1 atom stereocenters. The second-order valence-electron chi connectivity index (χ2n) is 5.28. The molecule has 0 aliphatic rings. The van der Waals surface area contributed by atoms with Crippen molar-refractivity contribution in [2.24, 2.45) is 0 Å². The highest BCUT2D eigenvalue weighted by Crippen LogP contribution is 2.33. The number of hydrogen-bond donors (Lipinski definition) is 1. The van der Waals surface area contributed by atoms with Crippen molar-refractivity contribution in [3.63, 3.8) is 0 Å². The second kappa shape index (κ2) is 7.88. The lowest BCUT2D eigenvalue weighted by Crippen LogP contribution is -2.16. The van der Waals surface area contributed by atoms with Crippen LogP contribution in [-0.2, 0) is 6.18 Å². The second-order valence-corrected chi connectivity index (χ2v) is 5.28. The van der Waals surface area contributed by atoms with Crippen LogP contribution in [0.3, 0.4) is 0 Å². The molecule has 1 unspecified atom stereocenters. The van der Waals surface area contributed by atoms with Gasteiger partial charge in [-0.05, 0) is 31.5 Å². The fourth-order valence-electron chi connectivity index (χ4n) is 2.44. The van der Waals surface area contributed by atoms with E-state index in [4.69, 9.17) is 4.74 Å². The predicted molar refractivity (Wildman–Crippen MR) is 88.2 cm³/mol. The number of benzene rings is 1. The van der Waals surface area contributed by atoms with Gasteiger partial charge in [0.05, 0.1) is 18.2 Å². The lowest BCUT2D eigenvalue weighted by atomic mass is 10.0. The first kappa shape index (κ1) is 18.6. The van der Waals surface area contributed by atoms with Crippen molar-refractivity contribution in [3.05, 3.63) is 53.2 Å². The van der Waals surface area contributed by atoms with Gasteiger partial charge in [-0.15, -0.1) is 0 Å². The average molecular weight is 349 g/mol. The molecule has 25 heavy (non-hydrogen) atoms. The minimum Gasteiger partial charge on any atom is -0.494 e. The standard InChI is InChI=1S/C18H18F3N3O/c1-3-14(13-7-5-6-8-15(13)25-4-2)23-17-12(11-22)9-10-16(24-17)18(19,20)21/h5-10,14H,3-4H2,1-2H3,(H,23,24). The molecule has 1 N–H and O–H groups in total. The van der Waals surface area contributed by atoms with E-state index in [-0.39, 0.29) is 17.4 Å². The summed E-state index contributed by atoms with van der Waals surface area (Å²) < 4.78 is 44.3. The largest absolute Gasteiger partial charge is 0.494 e. The molecule has 0 spiro atoms. The number of anilines is 1. The number of nitriles is 1. The van der Waals surface area contributed by atoms with Gasteiger partial charge in [0.25, 0.3) is 0 Å². The van der Waals surface area contributed by atoms with Gasteiger partial charge in [0.15, 0.2) is 0 Å². The van der Waals surface area contributed by atoms with Crippen molar-refractivity contribution in [3.8, 4) is 11.8 Å². The Balaban J connectivity index is 2.41. The molecule has 1 aromatic carbocycles. The van der Waals surface area contributed by atoms with Crippen molar-refractivity contribution in [2.45, 2.75) is 32.5 Å². The first-order chi connectivity index (χ1) is 11.9. The number of rotatable bonds is 6. The van der Waals surface area contributed by atoms with E-state index in [9.17, 15) is 18.4 Å². The maximum Gasteiger partial charge on any atom is 0.433 e. The number of nitrogens with one attached hydrogen (secondary N) is 1. The first-order valence-corrected chi connectivity index (χ1v) is 7.87. The number of ether oxygens (including phenoxy) is 1.